The molecular formula is C12H21NO3. The molecule has 0 aromatic rings. The van der Waals surface area contributed by atoms with Gasteiger partial charge < -0.3 is 9.64 Å². The lowest BCUT2D eigenvalue weighted by atomic mass is 10.1. The van der Waals surface area contributed by atoms with Crippen molar-refractivity contribution < 1.29 is 14.3 Å². The van der Waals surface area contributed by atoms with Crippen molar-refractivity contribution in [3.8, 4) is 0 Å². The number of carbonyl (C=O) groups excluding carboxylic acids is 2. The molecule has 1 aliphatic rings. The highest BCUT2D eigenvalue weighted by Crippen LogP contribution is 2.19. The molecule has 1 rings (SSSR count). The Kier molecular flexibility index (Phi) is 5.29. The number of likely N-dealkylation sites (tertiary alicyclic amines) is 1. The standard InChI is InChI=1S/C12H21NO3/c1-3-5-6-16-12(15)9-13-8-10(4-2)7-11(13)14/h10H,3-9H2,1-2H3. The van der Waals surface area contributed by atoms with E-state index in [1.54, 1.807) is 4.90 Å². The van der Waals surface area contributed by atoms with Gasteiger partial charge in [-0.2, -0.15) is 0 Å². The van der Waals surface area contributed by atoms with Crippen LogP contribution in [0.15, 0.2) is 0 Å². The largest absolute Gasteiger partial charge is 0.464 e. The lowest BCUT2D eigenvalue weighted by Crippen LogP contribution is -2.32. The summed E-state index contributed by atoms with van der Waals surface area (Å²) >= 11 is 0. The van der Waals surface area contributed by atoms with E-state index in [1.165, 1.54) is 0 Å². The van der Waals surface area contributed by atoms with E-state index in [0.717, 1.165) is 19.3 Å². The maximum Gasteiger partial charge on any atom is 0.325 e. The minimum absolute atomic E-state index is 0.0827. The molecule has 0 aromatic heterocycles. The van der Waals surface area contributed by atoms with Gasteiger partial charge in [-0.25, -0.2) is 0 Å². The number of hydrogen-bond donors (Lipinski definition) is 0. The molecule has 1 fully saturated rings. The van der Waals surface area contributed by atoms with Crippen LogP contribution in [0.5, 0.6) is 0 Å². The normalized spacial score (nSPS) is 20.2. The van der Waals surface area contributed by atoms with Crippen molar-refractivity contribution in [1.29, 1.82) is 0 Å². The van der Waals surface area contributed by atoms with Gasteiger partial charge in [0.1, 0.15) is 6.54 Å². The van der Waals surface area contributed by atoms with E-state index in [9.17, 15) is 9.59 Å². The molecule has 0 aromatic carbocycles. The third-order valence-corrected chi connectivity index (χ3v) is 2.95. The molecule has 0 bridgehead atoms. The van der Waals surface area contributed by atoms with Gasteiger partial charge in [-0.05, 0) is 12.3 Å². The lowest BCUT2D eigenvalue weighted by molar-refractivity contribution is -0.148. The van der Waals surface area contributed by atoms with E-state index in [4.69, 9.17) is 4.74 Å². The first kappa shape index (κ1) is 13.0. The first-order valence-corrected chi connectivity index (χ1v) is 6.10. The average molecular weight is 227 g/mol. The Labute approximate surface area is 96.9 Å². The number of rotatable bonds is 6. The van der Waals surface area contributed by atoms with E-state index in [2.05, 4.69) is 6.92 Å². The molecule has 4 nitrogen and oxygen atoms in total. The van der Waals surface area contributed by atoms with Crippen LogP contribution in [0.2, 0.25) is 0 Å². The molecule has 92 valence electrons. The minimum atomic E-state index is -0.279. The number of nitrogens with zero attached hydrogens (tertiary/aromatic N) is 1. The third-order valence-electron chi connectivity index (χ3n) is 2.95. The minimum Gasteiger partial charge on any atom is -0.464 e. The Morgan fingerprint density at radius 2 is 2.25 bits per heavy atom. The highest BCUT2D eigenvalue weighted by Gasteiger charge is 2.29. The summed E-state index contributed by atoms with van der Waals surface area (Å²) in [5, 5.41) is 0. The van der Waals surface area contributed by atoms with E-state index >= 15 is 0 Å². The second-order valence-electron chi connectivity index (χ2n) is 4.33. The van der Waals surface area contributed by atoms with E-state index in [0.29, 0.717) is 25.5 Å². The predicted octanol–water partition coefficient (Wildman–Crippen LogP) is 1.59. The van der Waals surface area contributed by atoms with Crippen molar-refractivity contribution in [2.45, 2.75) is 39.5 Å². The third kappa shape index (κ3) is 3.83. The Bertz CT molecular complexity index is 253. The number of hydrogen-bond acceptors (Lipinski definition) is 3. The zero-order chi connectivity index (χ0) is 12.0. The fraction of sp³-hybridized carbons (Fsp3) is 0.833. The first-order chi connectivity index (χ1) is 7.67. The van der Waals surface area contributed by atoms with Crippen molar-refractivity contribution >= 4 is 11.9 Å². The van der Waals surface area contributed by atoms with Crippen molar-refractivity contribution in [3.63, 3.8) is 0 Å². The quantitative estimate of drug-likeness (QED) is 0.511. The summed E-state index contributed by atoms with van der Waals surface area (Å²) in [6, 6.07) is 0. The Morgan fingerprint density at radius 3 is 2.81 bits per heavy atom. The highest BCUT2D eigenvalue weighted by molar-refractivity contribution is 5.83. The summed E-state index contributed by atoms with van der Waals surface area (Å²) < 4.78 is 5.03. The molecule has 4 heteroatoms. The molecule has 1 unspecified atom stereocenters. The first-order valence-electron chi connectivity index (χ1n) is 6.10. The molecule has 0 saturated carbocycles. The summed E-state index contributed by atoms with van der Waals surface area (Å²) in [4.78, 5) is 24.5. The summed E-state index contributed by atoms with van der Waals surface area (Å²) in [5.74, 6) is 0.216. The summed E-state index contributed by atoms with van der Waals surface area (Å²) in [6.07, 6.45) is 3.47. The van der Waals surface area contributed by atoms with Crippen LogP contribution in [0.4, 0.5) is 0 Å². The predicted molar refractivity (Wildman–Crippen MR) is 60.8 cm³/mol. The number of unbranched alkanes of at least 4 members (excludes halogenated alkanes) is 1. The number of ether oxygens (including phenoxy) is 1. The molecular weight excluding hydrogens is 206 g/mol. The van der Waals surface area contributed by atoms with Gasteiger partial charge in [-0.3, -0.25) is 9.59 Å². The molecule has 1 atom stereocenters. The van der Waals surface area contributed by atoms with Gasteiger partial charge in [-0.1, -0.05) is 26.7 Å². The number of esters is 1. The topological polar surface area (TPSA) is 46.6 Å². The monoisotopic (exact) mass is 227 g/mol. The van der Waals surface area contributed by atoms with Crippen LogP contribution >= 0.6 is 0 Å². The summed E-state index contributed by atoms with van der Waals surface area (Å²) in [7, 11) is 0. The number of amides is 1. The van der Waals surface area contributed by atoms with Crippen LogP contribution in [0.1, 0.15) is 39.5 Å². The lowest BCUT2D eigenvalue weighted by Gasteiger charge is -2.15. The molecule has 0 aliphatic carbocycles. The zero-order valence-electron chi connectivity index (χ0n) is 10.2. The van der Waals surface area contributed by atoms with E-state index in [1.807, 2.05) is 6.92 Å². The number of carbonyl (C=O) groups is 2. The van der Waals surface area contributed by atoms with Gasteiger partial charge in [-0.15, -0.1) is 0 Å². The smallest absolute Gasteiger partial charge is 0.325 e. The van der Waals surface area contributed by atoms with Crippen molar-refractivity contribution in [3.05, 3.63) is 0 Å². The second kappa shape index (κ2) is 6.51. The second-order valence-corrected chi connectivity index (χ2v) is 4.33. The van der Waals surface area contributed by atoms with E-state index < -0.39 is 0 Å². The van der Waals surface area contributed by atoms with Gasteiger partial charge in [0.2, 0.25) is 5.91 Å². The van der Waals surface area contributed by atoms with Gasteiger partial charge in [0.05, 0.1) is 6.61 Å². The molecule has 0 spiro atoms. The Hall–Kier alpha value is -1.06. The maximum atomic E-state index is 11.5. The average Bonchev–Trinajstić information content (AvgIpc) is 2.60. The molecule has 1 heterocycles. The fourth-order valence-corrected chi connectivity index (χ4v) is 1.81. The molecule has 1 aliphatic heterocycles. The zero-order valence-corrected chi connectivity index (χ0v) is 10.2. The molecule has 0 radical (unpaired) electrons. The maximum absolute atomic E-state index is 11.5. The van der Waals surface area contributed by atoms with Crippen LogP contribution in [-0.2, 0) is 14.3 Å². The molecule has 1 amide bonds. The van der Waals surface area contributed by atoms with Crippen LogP contribution in [-0.4, -0.2) is 36.5 Å². The van der Waals surface area contributed by atoms with Crippen LogP contribution < -0.4 is 0 Å². The highest BCUT2D eigenvalue weighted by atomic mass is 16.5. The van der Waals surface area contributed by atoms with Crippen molar-refractivity contribution in [2.24, 2.45) is 5.92 Å². The summed E-state index contributed by atoms with van der Waals surface area (Å²) in [5.41, 5.74) is 0. The van der Waals surface area contributed by atoms with Crippen LogP contribution in [0, 0.1) is 5.92 Å². The van der Waals surface area contributed by atoms with Crippen LogP contribution in [0.3, 0.4) is 0 Å². The van der Waals surface area contributed by atoms with Gasteiger partial charge in [0.25, 0.3) is 0 Å². The SMILES string of the molecule is CCCCOC(=O)CN1CC(CC)CC1=O. The summed E-state index contributed by atoms with van der Waals surface area (Å²) in [6.45, 7) is 5.41. The molecule has 0 N–H and O–H groups in total. The molecule has 1 saturated heterocycles. The van der Waals surface area contributed by atoms with Crippen LogP contribution in [0.25, 0.3) is 0 Å². The van der Waals surface area contributed by atoms with Gasteiger partial charge in [0.15, 0.2) is 0 Å². The fourth-order valence-electron chi connectivity index (χ4n) is 1.81. The molecule has 16 heavy (non-hydrogen) atoms. The van der Waals surface area contributed by atoms with Crippen molar-refractivity contribution in [1.82, 2.24) is 4.90 Å². The van der Waals surface area contributed by atoms with E-state index in [-0.39, 0.29) is 18.4 Å². The Morgan fingerprint density at radius 1 is 1.50 bits per heavy atom. The van der Waals surface area contributed by atoms with Crippen molar-refractivity contribution in [2.75, 3.05) is 19.7 Å². The Balaban J connectivity index is 2.26. The van der Waals surface area contributed by atoms with Gasteiger partial charge in [0, 0.05) is 13.0 Å². The van der Waals surface area contributed by atoms with Gasteiger partial charge >= 0.3 is 5.97 Å².